The van der Waals surface area contributed by atoms with Crippen molar-refractivity contribution in [1.29, 1.82) is 0 Å². The molecule has 5 heteroatoms. The second-order valence-corrected chi connectivity index (χ2v) is 1.79. The maximum absolute atomic E-state index is 11.7. The van der Waals surface area contributed by atoms with Crippen molar-refractivity contribution in [2.45, 2.75) is 6.43 Å². The molecule has 0 radical (unpaired) electrons. The van der Waals surface area contributed by atoms with E-state index in [1.54, 1.807) is 0 Å². The average molecular weight is 158 g/mol. The van der Waals surface area contributed by atoms with Gasteiger partial charge in [-0.25, -0.2) is 18.7 Å². The molecular formula is C6H4F2N2O. The van der Waals surface area contributed by atoms with Crippen LogP contribution in [0.3, 0.4) is 0 Å². The monoisotopic (exact) mass is 158 g/mol. The maximum Gasteiger partial charge on any atom is 0.300 e. The van der Waals surface area contributed by atoms with Crippen LogP contribution in [0.4, 0.5) is 8.78 Å². The summed E-state index contributed by atoms with van der Waals surface area (Å²) in [4.78, 5) is 17.4. The van der Waals surface area contributed by atoms with E-state index in [9.17, 15) is 13.6 Å². The van der Waals surface area contributed by atoms with Crippen molar-refractivity contribution in [2.75, 3.05) is 0 Å². The SMILES string of the molecule is O=C(c1cncnc1)C(F)F. The summed E-state index contributed by atoms with van der Waals surface area (Å²) in [6.07, 6.45) is 0.298. The van der Waals surface area contributed by atoms with Gasteiger partial charge in [-0.3, -0.25) is 4.79 Å². The Kier molecular flexibility index (Phi) is 2.20. The van der Waals surface area contributed by atoms with Crippen LogP contribution in [0.25, 0.3) is 0 Å². The van der Waals surface area contributed by atoms with E-state index in [2.05, 4.69) is 9.97 Å². The molecule has 0 aromatic carbocycles. The number of Topliss-reactive ketones (excluding diaryl/α,β-unsaturated/α-hetero) is 1. The summed E-state index contributed by atoms with van der Waals surface area (Å²) >= 11 is 0. The second kappa shape index (κ2) is 3.14. The lowest BCUT2D eigenvalue weighted by molar-refractivity contribution is 0.0678. The standard InChI is InChI=1S/C6H4F2N2O/c7-6(8)5(11)4-1-9-3-10-2-4/h1-3,6H. The Labute approximate surface area is 61.1 Å². The third kappa shape index (κ3) is 1.76. The van der Waals surface area contributed by atoms with Crippen LogP contribution in [0, 0.1) is 0 Å². The van der Waals surface area contributed by atoms with Gasteiger partial charge in [-0.05, 0) is 0 Å². The van der Waals surface area contributed by atoms with E-state index in [1.165, 1.54) is 6.33 Å². The fraction of sp³-hybridized carbons (Fsp3) is 0.167. The molecular weight excluding hydrogens is 154 g/mol. The molecule has 1 heterocycles. The van der Waals surface area contributed by atoms with Gasteiger partial charge in [0.15, 0.2) is 0 Å². The molecule has 0 N–H and O–H groups in total. The molecule has 0 aliphatic heterocycles. The molecule has 0 fully saturated rings. The van der Waals surface area contributed by atoms with Gasteiger partial charge < -0.3 is 0 Å². The van der Waals surface area contributed by atoms with Crippen LogP contribution in [0.5, 0.6) is 0 Å². The summed E-state index contributed by atoms with van der Waals surface area (Å²) in [5.74, 6) is -1.24. The van der Waals surface area contributed by atoms with Crippen molar-refractivity contribution >= 4 is 5.78 Å². The zero-order chi connectivity index (χ0) is 8.27. The molecule has 0 saturated carbocycles. The van der Waals surface area contributed by atoms with E-state index < -0.39 is 12.2 Å². The fourth-order valence-corrected chi connectivity index (χ4v) is 0.552. The third-order valence-corrected chi connectivity index (χ3v) is 1.04. The Balaban J connectivity index is 2.86. The molecule has 58 valence electrons. The Morgan fingerprint density at radius 1 is 1.36 bits per heavy atom. The quantitative estimate of drug-likeness (QED) is 0.601. The van der Waals surface area contributed by atoms with Crippen LogP contribution in [0.15, 0.2) is 18.7 Å². The molecule has 0 spiro atoms. The number of hydrogen-bond donors (Lipinski definition) is 0. The van der Waals surface area contributed by atoms with Crippen LogP contribution in [-0.4, -0.2) is 22.2 Å². The zero-order valence-electron chi connectivity index (χ0n) is 5.37. The highest BCUT2D eigenvalue weighted by Gasteiger charge is 2.17. The largest absolute Gasteiger partial charge is 0.300 e. The summed E-state index contributed by atoms with van der Waals surface area (Å²) in [6.45, 7) is 0. The Morgan fingerprint density at radius 3 is 2.36 bits per heavy atom. The Bertz CT molecular complexity index is 250. The molecule has 1 aromatic heterocycles. The fourth-order valence-electron chi connectivity index (χ4n) is 0.552. The number of rotatable bonds is 2. The first-order chi connectivity index (χ1) is 5.22. The first kappa shape index (κ1) is 7.71. The molecule has 1 aromatic rings. The summed E-state index contributed by atoms with van der Waals surface area (Å²) < 4.78 is 23.4. The summed E-state index contributed by atoms with van der Waals surface area (Å²) in [7, 11) is 0. The van der Waals surface area contributed by atoms with Gasteiger partial charge in [0.2, 0.25) is 5.78 Å². The number of ketones is 1. The van der Waals surface area contributed by atoms with Crippen molar-refractivity contribution in [3.8, 4) is 0 Å². The molecule has 0 aliphatic rings. The van der Waals surface area contributed by atoms with Gasteiger partial charge in [0.05, 0.1) is 5.56 Å². The summed E-state index contributed by atoms with van der Waals surface area (Å²) in [5.41, 5.74) is -0.164. The number of alkyl halides is 2. The first-order valence-corrected chi connectivity index (χ1v) is 2.79. The van der Waals surface area contributed by atoms with Crippen LogP contribution < -0.4 is 0 Å². The third-order valence-electron chi connectivity index (χ3n) is 1.04. The minimum absolute atomic E-state index is 0.164. The molecule has 0 atom stereocenters. The van der Waals surface area contributed by atoms with Gasteiger partial charge >= 0.3 is 6.43 Å². The van der Waals surface area contributed by atoms with Gasteiger partial charge in [0, 0.05) is 12.4 Å². The number of nitrogens with zero attached hydrogens (tertiary/aromatic N) is 2. The number of hydrogen-bond acceptors (Lipinski definition) is 3. The molecule has 1 rings (SSSR count). The Hall–Kier alpha value is -1.39. The van der Waals surface area contributed by atoms with Crippen LogP contribution in [-0.2, 0) is 0 Å². The second-order valence-electron chi connectivity index (χ2n) is 1.79. The molecule has 3 nitrogen and oxygen atoms in total. The molecule has 0 aliphatic carbocycles. The molecule has 0 saturated heterocycles. The number of carbonyl (C=O) groups is 1. The number of halogens is 2. The smallest absolute Gasteiger partial charge is 0.288 e. The van der Waals surface area contributed by atoms with Crippen molar-refractivity contribution < 1.29 is 13.6 Å². The predicted molar refractivity (Wildman–Crippen MR) is 32.4 cm³/mol. The molecule has 11 heavy (non-hydrogen) atoms. The minimum atomic E-state index is -2.99. The normalized spacial score (nSPS) is 10.1. The van der Waals surface area contributed by atoms with E-state index in [0.29, 0.717) is 0 Å². The first-order valence-electron chi connectivity index (χ1n) is 2.79. The van der Waals surface area contributed by atoms with Gasteiger partial charge in [-0.15, -0.1) is 0 Å². The maximum atomic E-state index is 11.7. The van der Waals surface area contributed by atoms with E-state index in [-0.39, 0.29) is 5.56 Å². The lowest BCUT2D eigenvalue weighted by Crippen LogP contribution is -2.10. The van der Waals surface area contributed by atoms with E-state index in [0.717, 1.165) is 12.4 Å². The lowest BCUT2D eigenvalue weighted by Gasteiger charge is -1.95. The highest BCUT2D eigenvalue weighted by atomic mass is 19.3. The van der Waals surface area contributed by atoms with Crippen LogP contribution in [0.1, 0.15) is 10.4 Å². The Morgan fingerprint density at radius 2 is 1.91 bits per heavy atom. The van der Waals surface area contributed by atoms with Crippen molar-refractivity contribution in [1.82, 2.24) is 9.97 Å². The topological polar surface area (TPSA) is 42.9 Å². The van der Waals surface area contributed by atoms with Gasteiger partial charge in [-0.1, -0.05) is 0 Å². The molecule has 0 amide bonds. The van der Waals surface area contributed by atoms with Gasteiger partial charge in [0.25, 0.3) is 0 Å². The highest BCUT2D eigenvalue weighted by Crippen LogP contribution is 2.03. The lowest BCUT2D eigenvalue weighted by atomic mass is 10.2. The summed E-state index contributed by atoms with van der Waals surface area (Å²) in [5, 5.41) is 0. The van der Waals surface area contributed by atoms with Crippen LogP contribution >= 0.6 is 0 Å². The minimum Gasteiger partial charge on any atom is -0.288 e. The van der Waals surface area contributed by atoms with Gasteiger partial charge in [0.1, 0.15) is 6.33 Å². The molecule has 0 unspecified atom stereocenters. The number of carbonyl (C=O) groups excluding carboxylic acids is 1. The number of aromatic nitrogens is 2. The van der Waals surface area contributed by atoms with Crippen molar-refractivity contribution in [3.63, 3.8) is 0 Å². The molecule has 0 bridgehead atoms. The van der Waals surface area contributed by atoms with Crippen molar-refractivity contribution in [2.24, 2.45) is 0 Å². The highest BCUT2D eigenvalue weighted by molar-refractivity contribution is 5.97. The van der Waals surface area contributed by atoms with E-state index in [4.69, 9.17) is 0 Å². The van der Waals surface area contributed by atoms with Crippen molar-refractivity contribution in [3.05, 3.63) is 24.3 Å². The average Bonchev–Trinajstić information content (AvgIpc) is 2.05. The van der Waals surface area contributed by atoms with Crippen LogP contribution in [0.2, 0.25) is 0 Å². The zero-order valence-corrected chi connectivity index (χ0v) is 5.37. The predicted octanol–water partition coefficient (Wildman–Crippen LogP) is 0.924. The van der Waals surface area contributed by atoms with E-state index >= 15 is 0 Å². The van der Waals surface area contributed by atoms with E-state index in [1.807, 2.05) is 0 Å². The summed E-state index contributed by atoms with van der Waals surface area (Å²) in [6, 6.07) is 0. The van der Waals surface area contributed by atoms with Gasteiger partial charge in [-0.2, -0.15) is 0 Å².